The van der Waals surface area contributed by atoms with Gasteiger partial charge < -0.3 is 15.5 Å². The van der Waals surface area contributed by atoms with Crippen molar-refractivity contribution in [3.63, 3.8) is 0 Å². The van der Waals surface area contributed by atoms with E-state index in [1.54, 1.807) is 4.90 Å². The van der Waals surface area contributed by atoms with E-state index >= 15 is 0 Å². The smallest absolute Gasteiger partial charge is 0.247 e. The minimum absolute atomic E-state index is 0.0337. The van der Waals surface area contributed by atoms with Crippen LogP contribution < -0.4 is 10.6 Å². The molecule has 2 rings (SSSR count). The summed E-state index contributed by atoms with van der Waals surface area (Å²) in [6, 6.07) is 7.42. The zero-order valence-electron chi connectivity index (χ0n) is 12.7. The number of para-hydroxylation sites is 1. The summed E-state index contributed by atoms with van der Waals surface area (Å²) in [4.78, 5) is 25.6. The Balaban J connectivity index is 2.07. The van der Waals surface area contributed by atoms with Gasteiger partial charge in [0, 0.05) is 25.7 Å². The van der Waals surface area contributed by atoms with Gasteiger partial charge in [0.2, 0.25) is 11.8 Å². The van der Waals surface area contributed by atoms with Gasteiger partial charge in [0.15, 0.2) is 0 Å². The van der Waals surface area contributed by atoms with Crippen LogP contribution in [-0.4, -0.2) is 35.8 Å². The summed E-state index contributed by atoms with van der Waals surface area (Å²) in [7, 11) is 0. The Hall–Kier alpha value is -1.88. The third-order valence-corrected chi connectivity index (χ3v) is 3.80. The first kappa shape index (κ1) is 15.5. The Morgan fingerprint density at radius 2 is 2.10 bits per heavy atom. The lowest BCUT2D eigenvalue weighted by molar-refractivity contribution is -0.134. The largest absolute Gasteiger partial charge is 0.331 e. The topological polar surface area (TPSA) is 61.4 Å². The van der Waals surface area contributed by atoms with Crippen molar-refractivity contribution in [2.24, 2.45) is 0 Å². The maximum atomic E-state index is 12.4. The molecule has 1 unspecified atom stereocenters. The van der Waals surface area contributed by atoms with E-state index in [1.165, 1.54) is 6.92 Å². The number of hydrogen-bond acceptors (Lipinski definition) is 3. The second kappa shape index (κ2) is 7.22. The summed E-state index contributed by atoms with van der Waals surface area (Å²) >= 11 is 0. The van der Waals surface area contributed by atoms with Gasteiger partial charge in [-0.1, -0.05) is 25.1 Å². The second-order valence-electron chi connectivity index (χ2n) is 5.30. The Kier molecular flexibility index (Phi) is 5.33. The number of carbonyl (C=O) groups excluding carboxylic acids is 2. The van der Waals surface area contributed by atoms with E-state index in [1.807, 2.05) is 31.2 Å². The van der Waals surface area contributed by atoms with Crippen molar-refractivity contribution in [1.82, 2.24) is 10.2 Å². The molecule has 1 aromatic rings. The molecule has 5 heteroatoms. The summed E-state index contributed by atoms with van der Waals surface area (Å²) in [6.45, 7) is 5.83. The molecule has 1 aliphatic heterocycles. The maximum Gasteiger partial charge on any atom is 0.247 e. The molecule has 1 aromatic carbocycles. The van der Waals surface area contributed by atoms with Gasteiger partial charge in [-0.05, 0) is 31.0 Å². The maximum absolute atomic E-state index is 12.4. The molecule has 5 nitrogen and oxygen atoms in total. The summed E-state index contributed by atoms with van der Waals surface area (Å²) in [6.07, 6.45) is 1.62. The number of benzene rings is 1. The van der Waals surface area contributed by atoms with Crippen molar-refractivity contribution < 1.29 is 9.59 Å². The average Bonchev–Trinajstić information content (AvgIpc) is 2.96. The minimum Gasteiger partial charge on any atom is -0.331 e. The zero-order valence-corrected chi connectivity index (χ0v) is 12.7. The minimum atomic E-state index is -0.338. The fourth-order valence-electron chi connectivity index (χ4n) is 2.69. The van der Waals surface area contributed by atoms with E-state index in [2.05, 4.69) is 10.6 Å². The first-order valence-corrected chi connectivity index (χ1v) is 7.50. The summed E-state index contributed by atoms with van der Waals surface area (Å²) in [5, 5.41) is 6.23. The van der Waals surface area contributed by atoms with Gasteiger partial charge in [0.1, 0.15) is 6.04 Å². The highest BCUT2D eigenvalue weighted by Gasteiger charge is 2.32. The van der Waals surface area contributed by atoms with Crippen LogP contribution in [0.2, 0.25) is 0 Å². The first-order valence-electron chi connectivity index (χ1n) is 7.50. The Labute approximate surface area is 125 Å². The van der Waals surface area contributed by atoms with Gasteiger partial charge in [-0.15, -0.1) is 0 Å². The normalized spacial score (nSPS) is 17.8. The third-order valence-electron chi connectivity index (χ3n) is 3.80. The molecule has 1 fully saturated rings. The molecule has 1 heterocycles. The van der Waals surface area contributed by atoms with Crippen molar-refractivity contribution in [3.8, 4) is 0 Å². The molecule has 0 aromatic heterocycles. The Bertz CT molecular complexity index is 516. The van der Waals surface area contributed by atoms with Gasteiger partial charge >= 0.3 is 0 Å². The molecular formula is C16H23N3O2. The predicted octanol–water partition coefficient (Wildman–Crippen LogP) is 1.75. The highest BCUT2D eigenvalue weighted by molar-refractivity contribution is 5.97. The van der Waals surface area contributed by atoms with Gasteiger partial charge in [-0.3, -0.25) is 9.59 Å². The lowest BCUT2D eigenvalue weighted by atomic mass is 10.1. The van der Waals surface area contributed by atoms with Crippen LogP contribution >= 0.6 is 0 Å². The van der Waals surface area contributed by atoms with Gasteiger partial charge in [-0.2, -0.15) is 0 Å². The number of carbonyl (C=O) groups is 2. The molecule has 114 valence electrons. The number of nitrogens with zero attached hydrogens (tertiary/aromatic N) is 1. The van der Waals surface area contributed by atoms with E-state index < -0.39 is 0 Å². The molecule has 2 amide bonds. The molecule has 0 bridgehead atoms. The second-order valence-corrected chi connectivity index (χ2v) is 5.30. The number of hydrogen-bond donors (Lipinski definition) is 2. The fourth-order valence-corrected chi connectivity index (χ4v) is 2.69. The summed E-state index contributed by atoms with van der Waals surface area (Å²) in [5.41, 5.74) is 1.87. The van der Waals surface area contributed by atoms with E-state index in [-0.39, 0.29) is 17.9 Å². The predicted molar refractivity (Wildman–Crippen MR) is 82.9 cm³/mol. The van der Waals surface area contributed by atoms with Crippen molar-refractivity contribution in [3.05, 3.63) is 29.8 Å². The molecule has 2 N–H and O–H groups in total. The van der Waals surface area contributed by atoms with Crippen LogP contribution in [0.1, 0.15) is 32.3 Å². The van der Waals surface area contributed by atoms with Gasteiger partial charge in [0.05, 0.1) is 0 Å². The lowest BCUT2D eigenvalue weighted by Crippen LogP contribution is -2.42. The van der Waals surface area contributed by atoms with E-state index in [9.17, 15) is 9.59 Å². The van der Waals surface area contributed by atoms with Crippen molar-refractivity contribution in [2.75, 3.05) is 18.4 Å². The number of likely N-dealkylation sites (tertiary alicyclic amines) is 1. The molecule has 0 spiro atoms. The van der Waals surface area contributed by atoms with E-state index in [0.717, 1.165) is 30.6 Å². The highest BCUT2D eigenvalue weighted by atomic mass is 16.2. The quantitative estimate of drug-likeness (QED) is 0.868. The average molecular weight is 289 g/mol. The Morgan fingerprint density at radius 3 is 2.81 bits per heavy atom. The van der Waals surface area contributed by atoms with Crippen LogP contribution in [-0.2, 0) is 16.1 Å². The molecular weight excluding hydrogens is 266 g/mol. The van der Waals surface area contributed by atoms with Crippen molar-refractivity contribution in [1.29, 1.82) is 0 Å². The van der Waals surface area contributed by atoms with Crippen LogP contribution in [0.5, 0.6) is 0 Å². The summed E-state index contributed by atoms with van der Waals surface area (Å²) in [5.74, 6) is -0.125. The highest BCUT2D eigenvalue weighted by Crippen LogP contribution is 2.21. The molecule has 1 atom stereocenters. The first-order chi connectivity index (χ1) is 10.1. The third kappa shape index (κ3) is 3.82. The van der Waals surface area contributed by atoms with Crippen LogP contribution in [0.15, 0.2) is 24.3 Å². The van der Waals surface area contributed by atoms with Gasteiger partial charge in [0.25, 0.3) is 0 Å². The molecule has 0 radical (unpaired) electrons. The van der Waals surface area contributed by atoms with Crippen LogP contribution in [0, 0.1) is 0 Å². The Morgan fingerprint density at radius 1 is 1.33 bits per heavy atom. The van der Waals surface area contributed by atoms with Crippen molar-refractivity contribution >= 4 is 17.5 Å². The van der Waals surface area contributed by atoms with E-state index in [0.29, 0.717) is 13.1 Å². The fraction of sp³-hybridized carbons (Fsp3) is 0.500. The van der Waals surface area contributed by atoms with Crippen LogP contribution in [0.4, 0.5) is 5.69 Å². The number of nitrogens with one attached hydrogen (secondary N) is 2. The number of rotatable bonds is 5. The van der Waals surface area contributed by atoms with Crippen LogP contribution in [0.25, 0.3) is 0 Å². The number of amides is 2. The van der Waals surface area contributed by atoms with E-state index in [4.69, 9.17) is 0 Å². The van der Waals surface area contributed by atoms with Gasteiger partial charge in [-0.25, -0.2) is 0 Å². The SMILES string of the molecule is CCNCc1ccccc1NC(=O)C1CCCN1C(C)=O. The molecule has 1 saturated heterocycles. The number of anilines is 1. The molecule has 1 aliphatic rings. The zero-order chi connectivity index (χ0) is 15.2. The monoisotopic (exact) mass is 289 g/mol. The molecule has 0 aliphatic carbocycles. The molecule has 0 saturated carbocycles. The van der Waals surface area contributed by atoms with Crippen LogP contribution in [0.3, 0.4) is 0 Å². The molecule has 21 heavy (non-hydrogen) atoms. The standard InChI is InChI=1S/C16H23N3O2/c1-3-17-11-13-7-4-5-8-14(13)18-16(21)15-9-6-10-19(15)12(2)20/h4-5,7-8,15,17H,3,6,9-11H2,1-2H3,(H,18,21). The summed E-state index contributed by atoms with van der Waals surface area (Å²) < 4.78 is 0. The lowest BCUT2D eigenvalue weighted by Gasteiger charge is -2.23. The van der Waals surface area contributed by atoms with Crippen molar-refractivity contribution in [2.45, 2.75) is 39.3 Å².